The molecule has 0 fully saturated rings. The van der Waals surface area contributed by atoms with Gasteiger partial charge in [0.25, 0.3) is 0 Å². The second kappa shape index (κ2) is 5.04. The van der Waals surface area contributed by atoms with E-state index in [1.165, 1.54) is 29.5 Å². The standard InChI is InChI=1S/C17H12F2OS/c1-9-5-10(2)16(13(19)6-9)17(20)15-7-11-3-4-12(18)8-14(11)21-15/h3-8H,1-2H3. The number of thiophene rings is 1. The van der Waals surface area contributed by atoms with Crippen molar-refractivity contribution >= 4 is 27.2 Å². The van der Waals surface area contributed by atoms with Crippen LogP contribution in [-0.2, 0) is 0 Å². The lowest BCUT2D eigenvalue weighted by molar-refractivity contribution is 0.103. The average Bonchev–Trinajstić information content (AvgIpc) is 2.80. The monoisotopic (exact) mass is 302 g/mol. The minimum Gasteiger partial charge on any atom is -0.288 e. The maximum Gasteiger partial charge on any atom is 0.206 e. The summed E-state index contributed by atoms with van der Waals surface area (Å²) in [5, 5.41) is 0.787. The van der Waals surface area contributed by atoms with Crippen LogP contribution in [0.5, 0.6) is 0 Å². The predicted molar refractivity (Wildman–Crippen MR) is 81.1 cm³/mol. The van der Waals surface area contributed by atoms with Crippen molar-refractivity contribution in [2.45, 2.75) is 13.8 Å². The van der Waals surface area contributed by atoms with Gasteiger partial charge in [0.2, 0.25) is 5.78 Å². The molecule has 1 heterocycles. The van der Waals surface area contributed by atoms with Crippen molar-refractivity contribution in [3.05, 3.63) is 69.6 Å². The van der Waals surface area contributed by atoms with Crippen LogP contribution in [0, 0.1) is 25.5 Å². The fourth-order valence-corrected chi connectivity index (χ4v) is 3.48. The quantitative estimate of drug-likeness (QED) is 0.607. The van der Waals surface area contributed by atoms with Crippen molar-refractivity contribution in [1.82, 2.24) is 0 Å². The number of carbonyl (C=O) groups is 1. The van der Waals surface area contributed by atoms with Crippen LogP contribution in [0.3, 0.4) is 0 Å². The number of fused-ring (bicyclic) bond motifs is 1. The summed E-state index contributed by atoms with van der Waals surface area (Å²) in [5.41, 5.74) is 1.48. The number of carbonyl (C=O) groups excluding carboxylic acids is 1. The molecule has 3 aromatic rings. The van der Waals surface area contributed by atoms with Gasteiger partial charge in [0.1, 0.15) is 11.6 Å². The van der Waals surface area contributed by atoms with Gasteiger partial charge >= 0.3 is 0 Å². The van der Waals surface area contributed by atoms with E-state index in [1.807, 2.05) is 0 Å². The summed E-state index contributed by atoms with van der Waals surface area (Å²) >= 11 is 1.18. The van der Waals surface area contributed by atoms with Gasteiger partial charge in [-0.25, -0.2) is 8.78 Å². The van der Waals surface area contributed by atoms with Crippen LogP contribution < -0.4 is 0 Å². The Morgan fingerprint density at radius 3 is 2.52 bits per heavy atom. The minimum atomic E-state index is -0.513. The van der Waals surface area contributed by atoms with Crippen LogP contribution >= 0.6 is 11.3 Å². The summed E-state index contributed by atoms with van der Waals surface area (Å²) in [6, 6.07) is 9.17. The Bertz CT molecular complexity index is 841. The highest BCUT2D eigenvalue weighted by Gasteiger charge is 2.19. The normalized spacial score (nSPS) is 11.0. The molecule has 0 aliphatic heterocycles. The third-order valence-corrected chi connectivity index (χ3v) is 4.46. The van der Waals surface area contributed by atoms with Crippen molar-refractivity contribution < 1.29 is 13.6 Å². The van der Waals surface area contributed by atoms with E-state index in [9.17, 15) is 13.6 Å². The van der Waals surface area contributed by atoms with E-state index in [2.05, 4.69) is 0 Å². The average molecular weight is 302 g/mol. The number of benzene rings is 2. The van der Waals surface area contributed by atoms with Crippen LogP contribution in [0.4, 0.5) is 8.78 Å². The number of ketones is 1. The summed E-state index contributed by atoms with van der Waals surface area (Å²) in [6.45, 7) is 3.50. The summed E-state index contributed by atoms with van der Waals surface area (Å²) in [6.07, 6.45) is 0. The zero-order valence-corrected chi connectivity index (χ0v) is 12.4. The van der Waals surface area contributed by atoms with Gasteiger partial charge in [-0.1, -0.05) is 12.1 Å². The van der Waals surface area contributed by atoms with Gasteiger partial charge in [-0.05, 0) is 54.6 Å². The molecule has 1 nitrogen and oxygen atoms in total. The Hall–Kier alpha value is -2.07. The predicted octanol–water partition coefficient (Wildman–Crippen LogP) is 5.03. The lowest BCUT2D eigenvalue weighted by Crippen LogP contribution is -2.05. The van der Waals surface area contributed by atoms with Gasteiger partial charge in [-0.2, -0.15) is 0 Å². The maximum atomic E-state index is 14.1. The Morgan fingerprint density at radius 2 is 1.81 bits per heavy atom. The van der Waals surface area contributed by atoms with Gasteiger partial charge in [-0.3, -0.25) is 4.79 Å². The van der Waals surface area contributed by atoms with Gasteiger partial charge in [-0.15, -0.1) is 11.3 Å². The van der Waals surface area contributed by atoms with E-state index >= 15 is 0 Å². The molecule has 21 heavy (non-hydrogen) atoms. The Balaban J connectivity index is 2.12. The first-order valence-electron chi connectivity index (χ1n) is 6.46. The van der Waals surface area contributed by atoms with Gasteiger partial charge in [0.15, 0.2) is 0 Å². The SMILES string of the molecule is Cc1cc(C)c(C(=O)c2cc3ccc(F)cc3s2)c(F)c1. The second-order valence-electron chi connectivity index (χ2n) is 5.06. The summed E-state index contributed by atoms with van der Waals surface area (Å²) < 4.78 is 28.0. The lowest BCUT2D eigenvalue weighted by atomic mass is 10.0. The molecule has 0 atom stereocenters. The fraction of sp³-hybridized carbons (Fsp3) is 0.118. The van der Waals surface area contributed by atoms with E-state index in [-0.39, 0.29) is 17.2 Å². The number of hydrogen-bond donors (Lipinski definition) is 0. The first-order valence-corrected chi connectivity index (χ1v) is 7.28. The topological polar surface area (TPSA) is 17.1 Å². The first-order chi connectivity index (χ1) is 9.95. The molecule has 0 bridgehead atoms. The fourth-order valence-electron chi connectivity index (χ4n) is 2.44. The molecule has 0 radical (unpaired) electrons. The molecule has 3 rings (SSSR count). The molecule has 106 valence electrons. The lowest BCUT2D eigenvalue weighted by Gasteiger charge is -2.06. The van der Waals surface area contributed by atoms with E-state index in [0.29, 0.717) is 15.1 Å². The molecule has 0 saturated carbocycles. The third-order valence-electron chi connectivity index (χ3n) is 3.36. The second-order valence-corrected chi connectivity index (χ2v) is 6.14. The molecule has 2 aromatic carbocycles. The summed E-state index contributed by atoms with van der Waals surface area (Å²) in [4.78, 5) is 12.9. The Morgan fingerprint density at radius 1 is 1.05 bits per heavy atom. The molecular formula is C17H12F2OS. The van der Waals surface area contributed by atoms with Crippen LogP contribution in [0.1, 0.15) is 26.4 Å². The highest BCUT2D eigenvalue weighted by molar-refractivity contribution is 7.21. The molecule has 4 heteroatoms. The molecule has 0 aliphatic carbocycles. The zero-order valence-electron chi connectivity index (χ0n) is 11.5. The van der Waals surface area contributed by atoms with Gasteiger partial charge in [0.05, 0.1) is 10.4 Å². The van der Waals surface area contributed by atoms with E-state index in [1.54, 1.807) is 32.0 Å². The van der Waals surface area contributed by atoms with Crippen LogP contribution in [0.25, 0.3) is 10.1 Å². The number of halogens is 2. The molecule has 0 spiro atoms. The van der Waals surface area contributed by atoms with Crippen molar-refractivity contribution in [3.8, 4) is 0 Å². The van der Waals surface area contributed by atoms with Crippen LogP contribution in [-0.4, -0.2) is 5.78 Å². The summed E-state index contributed by atoms with van der Waals surface area (Å²) in [5.74, 6) is -1.21. The molecule has 0 amide bonds. The van der Waals surface area contributed by atoms with Crippen molar-refractivity contribution in [2.75, 3.05) is 0 Å². The van der Waals surface area contributed by atoms with Crippen molar-refractivity contribution in [2.24, 2.45) is 0 Å². The molecule has 1 aromatic heterocycles. The van der Waals surface area contributed by atoms with E-state index in [4.69, 9.17) is 0 Å². The van der Waals surface area contributed by atoms with E-state index in [0.717, 1.165) is 10.9 Å². The zero-order chi connectivity index (χ0) is 15.1. The van der Waals surface area contributed by atoms with E-state index < -0.39 is 5.82 Å². The molecule has 0 saturated heterocycles. The Labute approximate surface area is 124 Å². The molecule has 0 N–H and O–H groups in total. The van der Waals surface area contributed by atoms with Crippen LogP contribution in [0.15, 0.2) is 36.4 Å². The maximum absolute atomic E-state index is 14.1. The molecular weight excluding hydrogens is 290 g/mol. The smallest absolute Gasteiger partial charge is 0.206 e. The summed E-state index contributed by atoms with van der Waals surface area (Å²) in [7, 11) is 0. The number of aryl methyl sites for hydroxylation is 2. The van der Waals surface area contributed by atoms with Crippen molar-refractivity contribution in [1.29, 1.82) is 0 Å². The highest BCUT2D eigenvalue weighted by atomic mass is 32.1. The number of rotatable bonds is 2. The van der Waals surface area contributed by atoms with Gasteiger partial charge < -0.3 is 0 Å². The molecule has 0 aliphatic rings. The van der Waals surface area contributed by atoms with Crippen molar-refractivity contribution in [3.63, 3.8) is 0 Å². The van der Waals surface area contributed by atoms with Gasteiger partial charge in [0, 0.05) is 4.70 Å². The third kappa shape index (κ3) is 2.47. The van der Waals surface area contributed by atoms with Crippen LogP contribution in [0.2, 0.25) is 0 Å². The number of hydrogen-bond acceptors (Lipinski definition) is 2. The minimum absolute atomic E-state index is 0.0904. The highest BCUT2D eigenvalue weighted by Crippen LogP contribution is 2.29. The first kappa shape index (κ1) is 13.9. The largest absolute Gasteiger partial charge is 0.288 e. The molecule has 0 unspecified atom stereocenters. The Kier molecular flexibility index (Phi) is 3.33.